The van der Waals surface area contributed by atoms with E-state index in [-0.39, 0.29) is 5.91 Å². The Morgan fingerprint density at radius 3 is 2.84 bits per heavy atom. The lowest BCUT2D eigenvalue weighted by molar-refractivity contribution is -0.135. The number of rotatable bonds is 7. The molecule has 8 heteroatoms. The Labute approximate surface area is 191 Å². The normalized spacial score (nSPS) is 14.5. The first kappa shape index (κ1) is 21.0. The minimum absolute atomic E-state index is 0.227. The Morgan fingerprint density at radius 2 is 1.97 bits per heavy atom. The summed E-state index contributed by atoms with van der Waals surface area (Å²) >= 11 is 1.74. The Balaban J connectivity index is 1.32. The molecule has 1 fully saturated rings. The van der Waals surface area contributed by atoms with Crippen LogP contribution < -0.4 is 0 Å². The maximum atomic E-state index is 12.4. The van der Waals surface area contributed by atoms with Crippen molar-refractivity contribution in [1.29, 1.82) is 0 Å². The second-order valence-electron chi connectivity index (χ2n) is 8.02. The first-order valence-corrected chi connectivity index (χ1v) is 12.1. The topological polar surface area (TPSA) is 64.1 Å². The molecule has 1 saturated heterocycles. The van der Waals surface area contributed by atoms with Crippen LogP contribution in [0.2, 0.25) is 0 Å². The molecule has 0 bridgehead atoms. The van der Waals surface area contributed by atoms with Gasteiger partial charge in [0.2, 0.25) is 5.91 Å². The van der Waals surface area contributed by atoms with E-state index < -0.39 is 0 Å². The van der Waals surface area contributed by atoms with E-state index in [1.807, 2.05) is 41.4 Å². The third-order valence-corrected chi connectivity index (χ3v) is 6.97. The van der Waals surface area contributed by atoms with Crippen molar-refractivity contribution >= 4 is 29.0 Å². The molecule has 0 unspecified atom stereocenters. The lowest BCUT2D eigenvalue weighted by Gasteiger charge is -2.26. The van der Waals surface area contributed by atoms with Gasteiger partial charge in [0.15, 0.2) is 0 Å². The van der Waals surface area contributed by atoms with Crippen molar-refractivity contribution in [3.63, 3.8) is 0 Å². The maximum Gasteiger partial charge on any atom is 0.222 e. The van der Waals surface area contributed by atoms with Gasteiger partial charge in [-0.2, -0.15) is 0 Å². The summed E-state index contributed by atoms with van der Waals surface area (Å²) in [7, 11) is 0. The fourth-order valence-electron chi connectivity index (χ4n) is 4.24. The Morgan fingerprint density at radius 1 is 1.12 bits per heavy atom. The summed E-state index contributed by atoms with van der Waals surface area (Å²) in [5, 5.41) is 1.03. The van der Waals surface area contributed by atoms with Crippen molar-refractivity contribution in [1.82, 2.24) is 23.7 Å². The highest BCUT2D eigenvalue weighted by atomic mass is 32.2. The molecule has 4 aromatic rings. The van der Waals surface area contributed by atoms with E-state index in [9.17, 15) is 4.79 Å². The van der Waals surface area contributed by atoms with E-state index in [0.29, 0.717) is 32.7 Å². The number of carbonyl (C=O) groups is 1. The molecule has 0 radical (unpaired) electrons. The maximum absolute atomic E-state index is 12.4. The molecule has 1 aliphatic rings. The van der Waals surface area contributed by atoms with Crippen molar-refractivity contribution in [2.75, 3.05) is 32.1 Å². The van der Waals surface area contributed by atoms with Crippen molar-refractivity contribution in [3.05, 3.63) is 65.9 Å². The van der Waals surface area contributed by atoms with E-state index in [1.54, 1.807) is 11.8 Å². The van der Waals surface area contributed by atoms with Gasteiger partial charge in [0.1, 0.15) is 16.3 Å². The van der Waals surface area contributed by atoms with Gasteiger partial charge in [-0.05, 0) is 37.6 Å². The summed E-state index contributed by atoms with van der Waals surface area (Å²) in [5.74, 6) is 1.09. The van der Waals surface area contributed by atoms with Crippen molar-refractivity contribution < 1.29 is 9.53 Å². The molecule has 0 N–H and O–H groups in total. The van der Waals surface area contributed by atoms with Crippen LogP contribution >= 0.6 is 11.8 Å². The van der Waals surface area contributed by atoms with E-state index >= 15 is 0 Å². The average Bonchev–Trinajstić information content (AvgIpc) is 3.40. The van der Waals surface area contributed by atoms with Crippen LogP contribution in [-0.2, 0) is 16.0 Å². The predicted octanol–water partition coefficient (Wildman–Crippen LogP) is 3.61. The number of thioether (sulfide) groups is 1. The quantitative estimate of drug-likeness (QED) is 0.319. The number of amides is 1. The second-order valence-corrected chi connectivity index (χ2v) is 9.11. The SMILES string of the molecule is Cc1cccc2ncc(Cc3c(SCCCC(=O)N4CCOCC4)nc4ccccn34)n12. The van der Waals surface area contributed by atoms with Gasteiger partial charge >= 0.3 is 0 Å². The summed E-state index contributed by atoms with van der Waals surface area (Å²) in [5.41, 5.74) is 5.38. The molecular formula is C24H27N5O2S. The number of nitrogens with zero attached hydrogens (tertiary/aromatic N) is 5. The summed E-state index contributed by atoms with van der Waals surface area (Å²) in [6.07, 6.45) is 6.18. The lowest BCUT2D eigenvalue weighted by atomic mass is 10.2. The number of fused-ring (bicyclic) bond motifs is 2. The highest BCUT2D eigenvalue weighted by Gasteiger charge is 2.18. The van der Waals surface area contributed by atoms with Crippen LogP contribution in [0.3, 0.4) is 0 Å². The van der Waals surface area contributed by atoms with Crippen LogP contribution in [0.5, 0.6) is 0 Å². The van der Waals surface area contributed by atoms with Crippen molar-refractivity contribution in [2.45, 2.75) is 31.2 Å². The predicted molar refractivity (Wildman–Crippen MR) is 125 cm³/mol. The molecular weight excluding hydrogens is 422 g/mol. The molecule has 1 amide bonds. The van der Waals surface area contributed by atoms with Gasteiger partial charge in [-0.3, -0.25) is 4.79 Å². The molecule has 0 aliphatic carbocycles. The van der Waals surface area contributed by atoms with Crippen LogP contribution in [0.15, 0.2) is 53.8 Å². The Bertz CT molecular complexity index is 1240. The summed E-state index contributed by atoms with van der Waals surface area (Å²) in [4.78, 5) is 23.8. The van der Waals surface area contributed by atoms with E-state index in [1.165, 1.54) is 5.69 Å². The van der Waals surface area contributed by atoms with E-state index in [2.05, 4.69) is 33.0 Å². The highest BCUT2D eigenvalue weighted by Crippen LogP contribution is 2.27. The fraction of sp³-hybridized carbons (Fsp3) is 0.375. The average molecular weight is 450 g/mol. The third kappa shape index (κ3) is 4.25. The minimum atomic E-state index is 0.227. The number of aryl methyl sites for hydroxylation is 1. The van der Waals surface area contributed by atoms with Gasteiger partial charge in [0.25, 0.3) is 0 Å². The molecule has 166 valence electrons. The molecule has 7 nitrogen and oxygen atoms in total. The zero-order valence-corrected chi connectivity index (χ0v) is 19.1. The van der Waals surface area contributed by atoms with Gasteiger partial charge < -0.3 is 18.4 Å². The number of imidazole rings is 2. The number of hydrogen-bond acceptors (Lipinski definition) is 5. The van der Waals surface area contributed by atoms with E-state index in [4.69, 9.17) is 9.72 Å². The summed E-state index contributed by atoms with van der Waals surface area (Å²) in [6.45, 7) is 4.82. The van der Waals surface area contributed by atoms with Gasteiger partial charge in [0.05, 0.1) is 18.9 Å². The van der Waals surface area contributed by atoms with Crippen LogP contribution in [0.1, 0.15) is 29.9 Å². The molecule has 5 heterocycles. The zero-order valence-electron chi connectivity index (χ0n) is 18.2. The first-order valence-electron chi connectivity index (χ1n) is 11.1. The number of pyridine rings is 2. The smallest absolute Gasteiger partial charge is 0.222 e. The monoisotopic (exact) mass is 449 g/mol. The largest absolute Gasteiger partial charge is 0.378 e. The third-order valence-electron chi connectivity index (χ3n) is 5.88. The second kappa shape index (κ2) is 9.34. The Hall–Kier alpha value is -2.84. The summed E-state index contributed by atoms with van der Waals surface area (Å²) in [6, 6.07) is 12.3. The van der Waals surface area contributed by atoms with Crippen molar-refractivity contribution in [2.24, 2.45) is 0 Å². The highest BCUT2D eigenvalue weighted by molar-refractivity contribution is 7.99. The molecule has 0 saturated carbocycles. The number of aromatic nitrogens is 4. The van der Waals surface area contributed by atoms with Crippen molar-refractivity contribution in [3.8, 4) is 0 Å². The number of morpholine rings is 1. The zero-order chi connectivity index (χ0) is 21.9. The number of hydrogen-bond donors (Lipinski definition) is 0. The van der Waals surface area contributed by atoms with Gasteiger partial charge in [0, 0.05) is 55.5 Å². The van der Waals surface area contributed by atoms with Crippen LogP contribution in [-0.4, -0.2) is 61.6 Å². The fourth-order valence-corrected chi connectivity index (χ4v) is 5.21. The number of ether oxygens (including phenoxy) is 1. The molecule has 1 aliphatic heterocycles. The van der Waals surface area contributed by atoms with Crippen LogP contribution in [0, 0.1) is 6.92 Å². The minimum Gasteiger partial charge on any atom is -0.378 e. The van der Waals surface area contributed by atoms with Gasteiger partial charge in [-0.15, -0.1) is 11.8 Å². The molecule has 0 aromatic carbocycles. The lowest BCUT2D eigenvalue weighted by Crippen LogP contribution is -2.40. The van der Waals surface area contributed by atoms with Gasteiger partial charge in [-0.1, -0.05) is 12.1 Å². The van der Waals surface area contributed by atoms with Crippen LogP contribution in [0.25, 0.3) is 11.3 Å². The number of carbonyl (C=O) groups excluding carboxylic acids is 1. The summed E-state index contributed by atoms with van der Waals surface area (Å²) < 4.78 is 9.71. The van der Waals surface area contributed by atoms with Gasteiger partial charge in [-0.25, -0.2) is 9.97 Å². The molecule has 0 spiro atoms. The molecule has 5 rings (SSSR count). The molecule has 32 heavy (non-hydrogen) atoms. The van der Waals surface area contributed by atoms with E-state index in [0.717, 1.165) is 46.3 Å². The standard InChI is InChI=1S/C24H27N5O2S/c1-18-6-4-8-21-25-17-19(29(18)21)16-20-24(26-22-7-2-3-10-28(20)22)32-15-5-9-23(30)27-11-13-31-14-12-27/h2-4,6-8,10,17H,5,9,11-16H2,1H3. The molecule has 4 aromatic heterocycles. The Kier molecular flexibility index (Phi) is 6.14. The molecule has 0 atom stereocenters. The van der Waals surface area contributed by atoms with Crippen LogP contribution in [0.4, 0.5) is 0 Å². The first-order chi connectivity index (χ1) is 15.7.